The van der Waals surface area contributed by atoms with Crippen LogP contribution in [0.4, 0.5) is 0 Å². The minimum atomic E-state index is -3.53. The van der Waals surface area contributed by atoms with Gasteiger partial charge in [-0.2, -0.15) is 4.31 Å². The Kier molecular flexibility index (Phi) is 9.17. The predicted octanol–water partition coefficient (Wildman–Crippen LogP) is 0.185. The molecule has 1 atom stereocenters. The van der Waals surface area contributed by atoms with Crippen LogP contribution in [-0.4, -0.2) is 68.2 Å². The lowest BCUT2D eigenvalue weighted by molar-refractivity contribution is -0.134. The van der Waals surface area contributed by atoms with Crippen molar-refractivity contribution in [2.75, 3.05) is 32.7 Å². The summed E-state index contributed by atoms with van der Waals surface area (Å²) in [5.41, 5.74) is 5.44. The summed E-state index contributed by atoms with van der Waals surface area (Å²) in [6.45, 7) is 3.29. The SMILES string of the molecule is C[C@@H](CN)NC(=O)CCC(=O)N1CCN(S(=O)(=O)c2ccccc2)CC1.Cl. The summed E-state index contributed by atoms with van der Waals surface area (Å²) in [5.74, 6) is -0.348. The molecule has 1 aromatic rings. The molecule has 10 heteroatoms. The summed E-state index contributed by atoms with van der Waals surface area (Å²) in [6.07, 6.45) is 0.209. The average Bonchev–Trinajstić information content (AvgIpc) is 2.66. The summed E-state index contributed by atoms with van der Waals surface area (Å²) >= 11 is 0. The molecule has 27 heavy (non-hydrogen) atoms. The first-order chi connectivity index (χ1) is 12.3. The Morgan fingerprint density at radius 3 is 2.26 bits per heavy atom. The highest BCUT2D eigenvalue weighted by molar-refractivity contribution is 7.89. The van der Waals surface area contributed by atoms with Crippen molar-refractivity contribution in [2.24, 2.45) is 5.73 Å². The van der Waals surface area contributed by atoms with Crippen LogP contribution in [0, 0.1) is 0 Å². The zero-order valence-electron chi connectivity index (χ0n) is 15.3. The fourth-order valence-corrected chi connectivity index (χ4v) is 4.15. The summed E-state index contributed by atoms with van der Waals surface area (Å²) in [5, 5.41) is 2.71. The second kappa shape index (κ2) is 10.6. The highest BCUT2D eigenvalue weighted by Gasteiger charge is 2.29. The van der Waals surface area contributed by atoms with Gasteiger partial charge in [-0.1, -0.05) is 18.2 Å². The number of hydrogen-bond donors (Lipinski definition) is 2. The van der Waals surface area contributed by atoms with E-state index in [4.69, 9.17) is 5.73 Å². The molecule has 0 spiro atoms. The van der Waals surface area contributed by atoms with Gasteiger partial charge in [0.2, 0.25) is 21.8 Å². The van der Waals surface area contributed by atoms with Crippen molar-refractivity contribution in [3.05, 3.63) is 30.3 Å². The molecule has 0 saturated carbocycles. The molecule has 0 aromatic heterocycles. The van der Waals surface area contributed by atoms with Crippen LogP contribution < -0.4 is 11.1 Å². The van der Waals surface area contributed by atoms with Crippen LogP contribution in [0.5, 0.6) is 0 Å². The summed E-state index contributed by atoms with van der Waals surface area (Å²) in [6, 6.07) is 8.14. The van der Waals surface area contributed by atoms with Crippen LogP contribution in [0.15, 0.2) is 35.2 Å². The third-order valence-corrected chi connectivity index (χ3v) is 6.21. The van der Waals surface area contributed by atoms with Crippen molar-refractivity contribution >= 4 is 34.2 Å². The van der Waals surface area contributed by atoms with E-state index in [1.165, 1.54) is 4.31 Å². The number of carbonyl (C=O) groups is 2. The lowest BCUT2D eigenvalue weighted by Gasteiger charge is -2.34. The molecular weight excluding hydrogens is 392 g/mol. The normalized spacial score (nSPS) is 16.3. The first kappa shape index (κ1) is 23.4. The fourth-order valence-electron chi connectivity index (χ4n) is 2.70. The highest BCUT2D eigenvalue weighted by Crippen LogP contribution is 2.17. The van der Waals surface area contributed by atoms with Crippen LogP contribution in [0.1, 0.15) is 19.8 Å². The van der Waals surface area contributed by atoms with Gasteiger partial charge < -0.3 is 16.0 Å². The monoisotopic (exact) mass is 418 g/mol. The van der Waals surface area contributed by atoms with E-state index in [1.54, 1.807) is 42.2 Å². The molecular formula is C17H27ClN4O4S. The van der Waals surface area contributed by atoms with Gasteiger partial charge >= 0.3 is 0 Å². The lowest BCUT2D eigenvalue weighted by atomic mass is 10.2. The number of nitrogens with one attached hydrogen (secondary N) is 1. The van der Waals surface area contributed by atoms with E-state index in [-0.39, 0.29) is 61.1 Å². The minimum Gasteiger partial charge on any atom is -0.352 e. The average molecular weight is 419 g/mol. The molecule has 152 valence electrons. The second-order valence-electron chi connectivity index (χ2n) is 6.30. The molecule has 2 amide bonds. The number of halogens is 1. The molecule has 3 N–H and O–H groups in total. The Bertz CT molecular complexity index is 722. The maximum atomic E-state index is 12.6. The summed E-state index contributed by atoms with van der Waals surface area (Å²) in [4.78, 5) is 25.8. The van der Waals surface area contributed by atoms with E-state index in [0.717, 1.165) is 0 Å². The Hall–Kier alpha value is -1.68. The second-order valence-corrected chi connectivity index (χ2v) is 8.24. The molecule has 0 radical (unpaired) electrons. The number of sulfonamides is 1. The van der Waals surface area contributed by atoms with E-state index >= 15 is 0 Å². The van der Waals surface area contributed by atoms with E-state index in [0.29, 0.717) is 19.6 Å². The van der Waals surface area contributed by atoms with Gasteiger partial charge in [-0.25, -0.2) is 8.42 Å². The maximum absolute atomic E-state index is 12.6. The van der Waals surface area contributed by atoms with Gasteiger partial charge in [0, 0.05) is 51.6 Å². The van der Waals surface area contributed by atoms with E-state index < -0.39 is 10.0 Å². The van der Waals surface area contributed by atoms with Crippen molar-refractivity contribution in [3.8, 4) is 0 Å². The van der Waals surface area contributed by atoms with Crippen molar-refractivity contribution in [1.29, 1.82) is 0 Å². The first-order valence-electron chi connectivity index (χ1n) is 8.67. The fraction of sp³-hybridized carbons (Fsp3) is 0.529. The zero-order chi connectivity index (χ0) is 19.2. The molecule has 0 aliphatic carbocycles. The summed E-state index contributed by atoms with van der Waals surface area (Å²) < 4.78 is 26.5. The van der Waals surface area contributed by atoms with E-state index in [9.17, 15) is 18.0 Å². The number of nitrogens with two attached hydrogens (primary N) is 1. The van der Waals surface area contributed by atoms with Crippen LogP contribution in [0.3, 0.4) is 0 Å². The lowest BCUT2D eigenvalue weighted by Crippen LogP contribution is -2.50. The molecule has 8 nitrogen and oxygen atoms in total. The minimum absolute atomic E-state index is 0. The van der Waals surface area contributed by atoms with Gasteiger partial charge in [0.1, 0.15) is 0 Å². The molecule has 1 aliphatic rings. The molecule has 2 rings (SSSR count). The Labute approximate surface area is 166 Å². The molecule has 1 aliphatic heterocycles. The number of carbonyl (C=O) groups excluding carboxylic acids is 2. The summed E-state index contributed by atoms with van der Waals surface area (Å²) in [7, 11) is -3.53. The smallest absolute Gasteiger partial charge is 0.243 e. The third-order valence-electron chi connectivity index (χ3n) is 4.30. The number of piperazine rings is 1. The topological polar surface area (TPSA) is 113 Å². The Morgan fingerprint density at radius 2 is 1.70 bits per heavy atom. The largest absolute Gasteiger partial charge is 0.352 e. The van der Waals surface area contributed by atoms with Gasteiger partial charge in [-0.05, 0) is 19.1 Å². The number of rotatable bonds is 7. The van der Waals surface area contributed by atoms with Crippen molar-refractivity contribution in [1.82, 2.24) is 14.5 Å². The Balaban J connectivity index is 0.00000364. The van der Waals surface area contributed by atoms with E-state index in [2.05, 4.69) is 5.32 Å². The number of hydrogen-bond acceptors (Lipinski definition) is 5. The van der Waals surface area contributed by atoms with Gasteiger partial charge in [0.05, 0.1) is 4.90 Å². The van der Waals surface area contributed by atoms with Crippen LogP contribution in [0.2, 0.25) is 0 Å². The van der Waals surface area contributed by atoms with Crippen LogP contribution in [-0.2, 0) is 19.6 Å². The van der Waals surface area contributed by atoms with Gasteiger partial charge in [-0.15, -0.1) is 12.4 Å². The van der Waals surface area contributed by atoms with E-state index in [1.807, 2.05) is 0 Å². The van der Waals surface area contributed by atoms with Crippen molar-refractivity contribution in [2.45, 2.75) is 30.7 Å². The first-order valence-corrected chi connectivity index (χ1v) is 10.1. The van der Waals surface area contributed by atoms with Crippen LogP contribution in [0.25, 0.3) is 0 Å². The number of nitrogens with zero attached hydrogens (tertiary/aromatic N) is 2. The maximum Gasteiger partial charge on any atom is 0.243 e. The molecule has 1 heterocycles. The number of amides is 2. The number of benzene rings is 1. The highest BCUT2D eigenvalue weighted by atomic mass is 35.5. The molecule has 1 aromatic carbocycles. The third kappa shape index (κ3) is 6.46. The van der Waals surface area contributed by atoms with Crippen molar-refractivity contribution in [3.63, 3.8) is 0 Å². The van der Waals surface area contributed by atoms with Crippen molar-refractivity contribution < 1.29 is 18.0 Å². The molecule has 1 saturated heterocycles. The quantitative estimate of drug-likeness (QED) is 0.656. The zero-order valence-corrected chi connectivity index (χ0v) is 17.0. The standard InChI is InChI=1S/C17H26N4O4S.ClH/c1-14(13-18)19-16(22)7-8-17(23)20-9-11-21(12-10-20)26(24,25)15-5-3-2-4-6-15;/h2-6,14H,7-13,18H2,1H3,(H,19,22);1H/t14-;/m0./s1. The van der Waals surface area contributed by atoms with Crippen LogP contribution >= 0.6 is 12.4 Å². The molecule has 1 fully saturated rings. The molecule has 0 unspecified atom stereocenters. The predicted molar refractivity (Wildman–Crippen MR) is 105 cm³/mol. The van der Waals surface area contributed by atoms with Gasteiger partial charge in [0.15, 0.2) is 0 Å². The Morgan fingerprint density at radius 1 is 1.11 bits per heavy atom. The molecule has 0 bridgehead atoms. The van der Waals surface area contributed by atoms with Gasteiger partial charge in [0.25, 0.3) is 0 Å². The van der Waals surface area contributed by atoms with Gasteiger partial charge in [-0.3, -0.25) is 9.59 Å².